The molecule has 0 radical (unpaired) electrons. The van der Waals surface area contributed by atoms with Crippen molar-refractivity contribution in [2.45, 2.75) is 24.8 Å². The minimum absolute atomic E-state index is 0.0348. The summed E-state index contributed by atoms with van der Waals surface area (Å²) in [7, 11) is 0. The molecule has 2 rings (SSSR count). The predicted octanol–water partition coefficient (Wildman–Crippen LogP) is 1.24. The maximum atomic E-state index is 13.2. The van der Waals surface area contributed by atoms with Crippen molar-refractivity contribution in [3.05, 3.63) is 30.1 Å². The second-order valence-electron chi connectivity index (χ2n) is 4.52. The minimum Gasteiger partial charge on any atom is -0.490 e. The van der Waals surface area contributed by atoms with Gasteiger partial charge < -0.3 is 15.2 Å². The van der Waals surface area contributed by atoms with E-state index in [0.717, 1.165) is 12.8 Å². The van der Waals surface area contributed by atoms with Gasteiger partial charge in [0.15, 0.2) is 11.6 Å². The molecule has 1 aliphatic carbocycles. The summed E-state index contributed by atoms with van der Waals surface area (Å²) in [6.07, 6.45) is 1.77. The molecule has 1 amide bonds. The third-order valence-electron chi connectivity index (χ3n) is 2.98. The molecule has 0 spiro atoms. The van der Waals surface area contributed by atoms with E-state index in [2.05, 4.69) is 5.32 Å². The van der Waals surface area contributed by atoms with Crippen molar-refractivity contribution in [1.29, 1.82) is 0 Å². The number of carbonyl (C=O) groups is 1. The van der Waals surface area contributed by atoms with Crippen LogP contribution in [0.4, 0.5) is 4.39 Å². The van der Waals surface area contributed by atoms with Crippen LogP contribution in [0.2, 0.25) is 0 Å². The lowest BCUT2D eigenvalue weighted by Crippen LogP contribution is -2.40. The molecule has 1 fully saturated rings. The number of halogens is 1. The highest BCUT2D eigenvalue weighted by molar-refractivity contribution is 5.77. The minimum atomic E-state index is -0.438. The van der Waals surface area contributed by atoms with E-state index < -0.39 is 11.4 Å². The Hall–Kier alpha value is -1.62. The maximum absolute atomic E-state index is 13.2. The van der Waals surface area contributed by atoms with Crippen molar-refractivity contribution in [3.8, 4) is 5.75 Å². The van der Waals surface area contributed by atoms with E-state index in [-0.39, 0.29) is 31.3 Å². The zero-order valence-electron chi connectivity index (χ0n) is 9.99. The number of benzene rings is 1. The summed E-state index contributed by atoms with van der Waals surface area (Å²) in [5, 5.41) is 11.8. The SMILES string of the molecule is O=C(CCOc1ccccc1F)NC1(CO)CC1. The average Bonchev–Trinajstić information content (AvgIpc) is 3.12. The quantitative estimate of drug-likeness (QED) is 0.801. The van der Waals surface area contributed by atoms with Gasteiger partial charge in [0.1, 0.15) is 0 Å². The van der Waals surface area contributed by atoms with Gasteiger partial charge in [-0.05, 0) is 25.0 Å². The third kappa shape index (κ3) is 3.20. The first-order chi connectivity index (χ1) is 8.65. The van der Waals surface area contributed by atoms with E-state index in [1.807, 2.05) is 0 Å². The van der Waals surface area contributed by atoms with Crippen LogP contribution >= 0.6 is 0 Å². The van der Waals surface area contributed by atoms with Crippen molar-refractivity contribution in [3.63, 3.8) is 0 Å². The van der Waals surface area contributed by atoms with Crippen LogP contribution in [0.25, 0.3) is 0 Å². The van der Waals surface area contributed by atoms with E-state index in [9.17, 15) is 9.18 Å². The summed E-state index contributed by atoms with van der Waals surface area (Å²) in [6.45, 7) is 0.0845. The molecule has 1 aromatic rings. The average molecular weight is 253 g/mol. The second-order valence-corrected chi connectivity index (χ2v) is 4.52. The topological polar surface area (TPSA) is 58.6 Å². The number of para-hydroxylation sites is 1. The summed E-state index contributed by atoms with van der Waals surface area (Å²) in [4.78, 5) is 11.5. The molecule has 18 heavy (non-hydrogen) atoms. The van der Waals surface area contributed by atoms with Gasteiger partial charge in [-0.25, -0.2) is 4.39 Å². The van der Waals surface area contributed by atoms with E-state index in [4.69, 9.17) is 9.84 Å². The van der Waals surface area contributed by atoms with E-state index in [1.54, 1.807) is 12.1 Å². The summed E-state index contributed by atoms with van der Waals surface area (Å²) >= 11 is 0. The molecular weight excluding hydrogens is 237 g/mol. The van der Waals surface area contributed by atoms with Crippen LogP contribution in [-0.4, -0.2) is 29.8 Å². The third-order valence-corrected chi connectivity index (χ3v) is 2.98. The molecule has 0 bridgehead atoms. The molecule has 0 unspecified atom stereocenters. The van der Waals surface area contributed by atoms with Crippen molar-refractivity contribution in [1.82, 2.24) is 5.32 Å². The molecular formula is C13H16FNO3. The summed E-state index contributed by atoms with van der Waals surface area (Å²) < 4.78 is 18.4. The molecule has 0 heterocycles. The first kappa shape index (κ1) is 12.8. The van der Waals surface area contributed by atoms with Gasteiger partial charge in [0.25, 0.3) is 0 Å². The second kappa shape index (κ2) is 5.35. The fourth-order valence-electron chi connectivity index (χ4n) is 1.65. The Labute approximate surface area is 105 Å². The number of aliphatic hydroxyl groups excluding tert-OH is 1. The standard InChI is InChI=1S/C13H16FNO3/c14-10-3-1-2-4-11(10)18-8-5-12(17)15-13(9-16)6-7-13/h1-4,16H,5-9H2,(H,15,17). The zero-order valence-corrected chi connectivity index (χ0v) is 9.99. The Bertz CT molecular complexity index is 432. The first-order valence-corrected chi connectivity index (χ1v) is 5.94. The fraction of sp³-hybridized carbons (Fsp3) is 0.462. The van der Waals surface area contributed by atoms with Crippen LogP contribution in [0.3, 0.4) is 0 Å². The number of amides is 1. The molecule has 0 aromatic heterocycles. The monoisotopic (exact) mass is 253 g/mol. The smallest absolute Gasteiger partial charge is 0.223 e. The molecule has 1 aromatic carbocycles. The zero-order chi connectivity index (χ0) is 13.0. The number of carbonyl (C=O) groups excluding carboxylic acids is 1. The lowest BCUT2D eigenvalue weighted by atomic mass is 10.2. The highest BCUT2D eigenvalue weighted by Gasteiger charge is 2.43. The van der Waals surface area contributed by atoms with Gasteiger partial charge in [-0.3, -0.25) is 4.79 Å². The molecule has 0 atom stereocenters. The summed E-state index contributed by atoms with van der Waals surface area (Å²) in [5.74, 6) is -0.474. The molecule has 5 heteroatoms. The predicted molar refractivity (Wildman–Crippen MR) is 63.7 cm³/mol. The highest BCUT2D eigenvalue weighted by Crippen LogP contribution is 2.34. The van der Waals surface area contributed by atoms with Crippen molar-refractivity contribution < 1.29 is 19.0 Å². The molecule has 0 saturated heterocycles. The largest absolute Gasteiger partial charge is 0.490 e. The van der Waals surface area contributed by atoms with Crippen LogP contribution in [0.1, 0.15) is 19.3 Å². The van der Waals surface area contributed by atoms with E-state index in [1.165, 1.54) is 12.1 Å². The van der Waals surface area contributed by atoms with Crippen molar-refractivity contribution >= 4 is 5.91 Å². The van der Waals surface area contributed by atoms with Gasteiger partial charge in [-0.1, -0.05) is 12.1 Å². The van der Waals surface area contributed by atoms with Gasteiger partial charge >= 0.3 is 0 Å². The molecule has 98 valence electrons. The van der Waals surface area contributed by atoms with Gasteiger partial charge in [0.2, 0.25) is 5.91 Å². The highest BCUT2D eigenvalue weighted by atomic mass is 19.1. The van der Waals surface area contributed by atoms with E-state index in [0.29, 0.717) is 0 Å². The van der Waals surface area contributed by atoms with Crippen molar-refractivity contribution in [2.24, 2.45) is 0 Å². The summed E-state index contributed by atoms with van der Waals surface area (Å²) in [6, 6.07) is 6.07. The van der Waals surface area contributed by atoms with Crippen LogP contribution < -0.4 is 10.1 Å². The molecule has 0 aliphatic heterocycles. The van der Waals surface area contributed by atoms with Crippen LogP contribution in [0.5, 0.6) is 5.75 Å². The van der Waals surface area contributed by atoms with Crippen molar-refractivity contribution in [2.75, 3.05) is 13.2 Å². The molecule has 4 nitrogen and oxygen atoms in total. The summed E-state index contributed by atoms with van der Waals surface area (Å²) in [5.41, 5.74) is -0.408. The van der Waals surface area contributed by atoms with Gasteiger partial charge in [-0.2, -0.15) is 0 Å². The molecule has 1 aliphatic rings. The van der Waals surface area contributed by atoms with Crippen LogP contribution in [-0.2, 0) is 4.79 Å². The number of ether oxygens (including phenoxy) is 1. The van der Waals surface area contributed by atoms with Gasteiger partial charge in [-0.15, -0.1) is 0 Å². The number of nitrogens with one attached hydrogen (secondary N) is 1. The van der Waals surface area contributed by atoms with E-state index >= 15 is 0 Å². The Morgan fingerprint density at radius 1 is 1.44 bits per heavy atom. The lowest BCUT2D eigenvalue weighted by Gasteiger charge is -2.14. The van der Waals surface area contributed by atoms with Crippen LogP contribution in [0, 0.1) is 5.82 Å². The Morgan fingerprint density at radius 3 is 2.78 bits per heavy atom. The first-order valence-electron chi connectivity index (χ1n) is 5.94. The van der Waals surface area contributed by atoms with Crippen LogP contribution in [0.15, 0.2) is 24.3 Å². The Kier molecular flexibility index (Phi) is 3.81. The maximum Gasteiger partial charge on any atom is 0.223 e. The Balaban J connectivity index is 1.72. The molecule has 2 N–H and O–H groups in total. The number of rotatable bonds is 6. The number of hydrogen-bond acceptors (Lipinski definition) is 3. The fourth-order valence-corrected chi connectivity index (χ4v) is 1.65. The Morgan fingerprint density at radius 2 is 2.17 bits per heavy atom. The number of aliphatic hydroxyl groups is 1. The molecule has 1 saturated carbocycles. The van der Waals surface area contributed by atoms with Gasteiger partial charge in [0, 0.05) is 0 Å². The van der Waals surface area contributed by atoms with Gasteiger partial charge in [0.05, 0.1) is 25.2 Å². The lowest BCUT2D eigenvalue weighted by molar-refractivity contribution is -0.122. The normalized spacial score (nSPS) is 16.1. The number of hydrogen-bond donors (Lipinski definition) is 2.